The average Bonchev–Trinajstić information content (AvgIpc) is 2.76. The highest BCUT2D eigenvalue weighted by Crippen LogP contribution is 2.30. The number of β-lactam (4-membered cyclic amide) rings is 1. The average molecular weight is 272 g/mol. The number of benzene rings is 1. The number of carbonyl (C=O) groups is 2. The molecule has 3 rings (SSSR count). The zero-order chi connectivity index (χ0) is 14.1. The molecule has 0 saturated carbocycles. The molecule has 2 amide bonds. The molecule has 0 radical (unpaired) electrons. The van der Waals surface area contributed by atoms with E-state index in [1.54, 1.807) is 4.90 Å². The first-order chi connectivity index (χ1) is 9.63. The predicted molar refractivity (Wildman–Crippen MR) is 72.3 cm³/mol. The molecule has 2 aliphatic heterocycles. The Hall–Kier alpha value is -2.30. The number of hydrogen-bond acceptors (Lipinski definition) is 3. The lowest BCUT2D eigenvalue weighted by atomic mass is 10.1. The molecule has 2 fully saturated rings. The molecular weight excluding hydrogens is 256 g/mol. The van der Waals surface area contributed by atoms with Gasteiger partial charge in [-0.1, -0.05) is 30.3 Å². The summed E-state index contributed by atoms with van der Waals surface area (Å²) in [4.78, 5) is 24.8. The minimum Gasteiger partial charge on any atom is -0.472 e. The van der Waals surface area contributed by atoms with Gasteiger partial charge in [-0.3, -0.25) is 14.5 Å². The molecule has 0 spiro atoms. The third-order valence-electron chi connectivity index (χ3n) is 3.58. The fraction of sp³-hybridized carbons (Fsp3) is 0.333. The Morgan fingerprint density at radius 3 is 2.85 bits per heavy atom. The second kappa shape index (κ2) is 5.00. The van der Waals surface area contributed by atoms with E-state index in [-0.39, 0.29) is 24.1 Å². The van der Waals surface area contributed by atoms with Crippen molar-refractivity contribution in [3.63, 3.8) is 0 Å². The number of nitrogens with zero attached hydrogens (tertiary/aromatic N) is 1. The van der Waals surface area contributed by atoms with Crippen molar-refractivity contribution in [2.24, 2.45) is 0 Å². The highest BCUT2D eigenvalue weighted by atomic mass is 16.5. The van der Waals surface area contributed by atoms with Crippen LogP contribution in [0.15, 0.2) is 42.2 Å². The highest BCUT2D eigenvalue weighted by molar-refractivity contribution is 5.89. The lowest BCUT2D eigenvalue weighted by Gasteiger charge is -2.30. The van der Waals surface area contributed by atoms with E-state index in [0.29, 0.717) is 18.7 Å². The summed E-state index contributed by atoms with van der Waals surface area (Å²) in [7, 11) is 0. The monoisotopic (exact) mass is 272 g/mol. The van der Waals surface area contributed by atoms with Crippen molar-refractivity contribution in [2.75, 3.05) is 6.54 Å². The van der Waals surface area contributed by atoms with E-state index in [1.807, 2.05) is 37.3 Å². The maximum atomic E-state index is 11.9. The van der Waals surface area contributed by atoms with E-state index in [9.17, 15) is 9.59 Å². The minimum absolute atomic E-state index is 0.0689. The third-order valence-corrected chi connectivity index (χ3v) is 3.58. The molecule has 5 heteroatoms. The first-order valence-corrected chi connectivity index (χ1v) is 6.65. The summed E-state index contributed by atoms with van der Waals surface area (Å²) >= 11 is 0. The van der Waals surface area contributed by atoms with Gasteiger partial charge in [-0.05, 0) is 12.5 Å². The zero-order valence-electron chi connectivity index (χ0n) is 11.2. The summed E-state index contributed by atoms with van der Waals surface area (Å²) < 4.78 is 5.49. The molecule has 0 aliphatic carbocycles. The molecule has 1 aromatic rings. The largest absolute Gasteiger partial charge is 0.472 e. The van der Waals surface area contributed by atoms with Gasteiger partial charge in [0.1, 0.15) is 5.76 Å². The molecule has 2 heterocycles. The molecule has 0 aromatic heterocycles. The number of fused-ring (bicyclic) bond motifs is 1. The first kappa shape index (κ1) is 12.7. The Morgan fingerprint density at radius 1 is 1.45 bits per heavy atom. The molecule has 1 N–H and O–H groups in total. The Kier molecular flexibility index (Phi) is 3.18. The third kappa shape index (κ3) is 2.39. The summed E-state index contributed by atoms with van der Waals surface area (Å²) in [5.74, 6) is 0.432. The molecule has 0 bridgehead atoms. The molecule has 20 heavy (non-hydrogen) atoms. The van der Waals surface area contributed by atoms with Crippen LogP contribution < -0.4 is 5.32 Å². The SMILES string of the molecule is C[C@@H](NC(=O)C=C1CN2C(=O)C[C@H]2O1)c1ccccc1. The van der Waals surface area contributed by atoms with E-state index in [2.05, 4.69) is 5.32 Å². The fourth-order valence-electron chi connectivity index (χ4n) is 2.41. The van der Waals surface area contributed by atoms with E-state index >= 15 is 0 Å². The molecule has 104 valence electrons. The van der Waals surface area contributed by atoms with Gasteiger partial charge < -0.3 is 10.1 Å². The van der Waals surface area contributed by atoms with Crippen LogP contribution >= 0.6 is 0 Å². The van der Waals surface area contributed by atoms with Crippen molar-refractivity contribution in [3.05, 3.63) is 47.7 Å². The summed E-state index contributed by atoms with van der Waals surface area (Å²) in [6.45, 7) is 2.33. The number of ether oxygens (including phenoxy) is 1. The van der Waals surface area contributed by atoms with Crippen LogP contribution in [0.1, 0.15) is 24.9 Å². The molecular formula is C15H16N2O3. The standard InChI is InChI=1S/C15H16N2O3/c1-10(11-5-3-2-4-6-11)16-13(18)7-12-9-17-14(19)8-15(17)20-12/h2-7,10,15H,8-9H2,1H3,(H,16,18)/t10-,15-/m1/s1. The summed E-state index contributed by atoms with van der Waals surface area (Å²) in [5, 5.41) is 2.89. The van der Waals surface area contributed by atoms with Gasteiger partial charge in [-0.2, -0.15) is 0 Å². The van der Waals surface area contributed by atoms with Crippen LogP contribution in [0.4, 0.5) is 0 Å². The number of nitrogens with one attached hydrogen (secondary N) is 1. The normalized spacial score (nSPS) is 23.9. The van der Waals surface area contributed by atoms with Crippen molar-refractivity contribution >= 4 is 11.8 Å². The first-order valence-electron chi connectivity index (χ1n) is 6.65. The van der Waals surface area contributed by atoms with Crippen LogP contribution in [0.25, 0.3) is 0 Å². The highest BCUT2D eigenvalue weighted by Gasteiger charge is 2.43. The molecule has 0 unspecified atom stereocenters. The maximum absolute atomic E-state index is 11.9. The Bertz CT molecular complexity index is 568. The van der Waals surface area contributed by atoms with Gasteiger partial charge in [-0.25, -0.2) is 0 Å². The molecule has 5 nitrogen and oxygen atoms in total. The van der Waals surface area contributed by atoms with Gasteiger partial charge >= 0.3 is 0 Å². The Balaban J connectivity index is 1.59. The van der Waals surface area contributed by atoms with Crippen LogP contribution in [-0.2, 0) is 14.3 Å². The van der Waals surface area contributed by atoms with Crippen LogP contribution in [0.5, 0.6) is 0 Å². The molecule has 1 aromatic carbocycles. The topological polar surface area (TPSA) is 58.6 Å². The van der Waals surface area contributed by atoms with Crippen LogP contribution in [-0.4, -0.2) is 29.5 Å². The minimum atomic E-state index is -0.202. The lowest BCUT2D eigenvalue weighted by molar-refractivity contribution is -0.154. The number of hydrogen-bond donors (Lipinski definition) is 1. The maximum Gasteiger partial charge on any atom is 0.247 e. The Morgan fingerprint density at radius 2 is 2.20 bits per heavy atom. The van der Waals surface area contributed by atoms with E-state index in [1.165, 1.54) is 6.08 Å². The van der Waals surface area contributed by atoms with Crippen LogP contribution in [0.2, 0.25) is 0 Å². The van der Waals surface area contributed by atoms with Crippen LogP contribution in [0, 0.1) is 0 Å². The van der Waals surface area contributed by atoms with Crippen molar-refractivity contribution < 1.29 is 14.3 Å². The summed E-state index contributed by atoms with van der Waals surface area (Å²) in [6, 6.07) is 9.68. The fourth-order valence-corrected chi connectivity index (χ4v) is 2.41. The lowest BCUT2D eigenvalue weighted by Crippen LogP contribution is -2.48. The second-order valence-corrected chi connectivity index (χ2v) is 5.05. The smallest absolute Gasteiger partial charge is 0.247 e. The van der Waals surface area contributed by atoms with Crippen molar-refractivity contribution in [1.82, 2.24) is 10.2 Å². The van der Waals surface area contributed by atoms with Gasteiger partial charge in [0.25, 0.3) is 0 Å². The second-order valence-electron chi connectivity index (χ2n) is 5.05. The zero-order valence-corrected chi connectivity index (χ0v) is 11.2. The van der Waals surface area contributed by atoms with Crippen molar-refractivity contribution in [1.29, 1.82) is 0 Å². The van der Waals surface area contributed by atoms with E-state index in [0.717, 1.165) is 5.56 Å². The summed E-state index contributed by atoms with van der Waals surface area (Å²) in [6.07, 6.45) is 1.69. The number of rotatable bonds is 3. The van der Waals surface area contributed by atoms with Crippen molar-refractivity contribution in [2.45, 2.75) is 25.6 Å². The van der Waals surface area contributed by atoms with Crippen LogP contribution in [0.3, 0.4) is 0 Å². The summed E-state index contributed by atoms with van der Waals surface area (Å²) in [5.41, 5.74) is 1.05. The van der Waals surface area contributed by atoms with E-state index < -0.39 is 0 Å². The quantitative estimate of drug-likeness (QED) is 0.667. The number of amides is 2. The van der Waals surface area contributed by atoms with Gasteiger partial charge in [0.2, 0.25) is 11.8 Å². The van der Waals surface area contributed by atoms with E-state index in [4.69, 9.17) is 4.74 Å². The van der Waals surface area contributed by atoms with Gasteiger partial charge in [0, 0.05) is 6.08 Å². The van der Waals surface area contributed by atoms with Gasteiger partial charge in [0.05, 0.1) is 19.0 Å². The molecule has 2 atom stereocenters. The van der Waals surface area contributed by atoms with Gasteiger partial charge in [-0.15, -0.1) is 0 Å². The Labute approximate surface area is 117 Å². The van der Waals surface area contributed by atoms with Crippen molar-refractivity contribution in [3.8, 4) is 0 Å². The predicted octanol–water partition coefficient (Wildman–Crippen LogP) is 1.34. The number of carbonyl (C=O) groups excluding carboxylic acids is 2. The molecule has 2 aliphatic rings. The van der Waals surface area contributed by atoms with Gasteiger partial charge in [0.15, 0.2) is 6.23 Å². The molecule has 2 saturated heterocycles.